The number of nitrogens with two attached hydrogens (primary N) is 1. The van der Waals surface area contributed by atoms with E-state index < -0.39 is 5.91 Å². The molecule has 1 amide bonds. The molecule has 1 aromatic heterocycles. The van der Waals surface area contributed by atoms with Gasteiger partial charge < -0.3 is 15.6 Å². The van der Waals surface area contributed by atoms with Crippen molar-refractivity contribution in [2.75, 3.05) is 0 Å². The number of carbonyl (C=O) groups excluding carboxylic acids is 1. The lowest BCUT2D eigenvalue weighted by Crippen LogP contribution is -2.14. The van der Waals surface area contributed by atoms with Crippen LogP contribution in [0.25, 0.3) is 10.8 Å². The van der Waals surface area contributed by atoms with Crippen LogP contribution in [0.4, 0.5) is 0 Å². The number of amides is 1. The van der Waals surface area contributed by atoms with Crippen molar-refractivity contribution in [3.8, 4) is 23.3 Å². The number of hydrogen-bond acceptors (Lipinski definition) is 5. The Bertz CT molecular complexity index is 947. The molecule has 3 N–H and O–H groups in total. The maximum Gasteiger partial charge on any atom is 0.271 e. The average Bonchev–Trinajstić information content (AvgIpc) is 2.56. The molecule has 0 unspecified atom stereocenters. The van der Waals surface area contributed by atoms with Gasteiger partial charge >= 0.3 is 0 Å². The quantitative estimate of drug-likeness (QED) is 0.773. The lowest BCUT2D eigenvalue weighted by molar-refractivity contribution is 0.0993. The zero-order valence-electron chi connectivity index (χ0n) is 11.9. The molecule has 6 nitrogen and oxygen atoms in total. The van der Waals surface area contributed by atoms with Crippen molar-refractivity contribution in [2.45, 2.75) is 0 Å². The molecule has 0 aliphatic heterocycles. The van der Waals surface area contributed by atoms with Gasteiger partial charge in [0.05, 0.1) is 0 Å². The molecule has 3 rings (SSSR count). The molecule has 0 aliphatic carbocycles. The number of aromatic hydroxyl groups is 1. The number of hydrogen-bond donors (Lipinski definition) is 2. The van der Waals surface area contributed by atoms with Crippen molar-refractivity contribution in [1.29, 1.82) is 5.26 Å². The van der Waals surface area contributed by atoms with E-state index in [1.807, 2.05) is 24.3 Å². The molecule has 3 aromatic rings. The molecule has 0 aliphatic rings. The van der Waals surface area contributed by atoms with E-state index in [0.717, 1.165) is 0 Å². The van der Waals surface area contributed by atoms with E-state index in [9.17, 15) is 9.90 Å². The normalized spacial score (nSPS) is 10.2. The van der Waals surface area contributed by atoms with Crippen molar-refractivity contribution >= 4 is 16.7 Å². The Hall–Kier alpha value is -3.59. The molecule has 2 aromatic carbocycles. The lowest BCUT2D eigenvalue weighted by Gasteiger charge is -2.10. The second-order valence-corrected chi connectivity index (χ2v) is 4.76. The molecule has 6 heteroatoms. The highest BCUT2D eigenvalue weighted by atomic mass is 16.5. The van der Waals surface area contributed by atoms with Gasteiger partial charge in [-0.25, -0.2) is 4.98 Å². The smallest absolute Gasteiger partial charge is 0.271 e. The number of nitrogens with zero attached hydrogens (tertiary/aromatic N) is 2. The Kier molecular flexibility index (Phi) is 3.53. The van der Waals surface area contributed by atoms with E-state index in [-0.39, 0.29) is 22.5 Å². The Balaban J connectivity index is 2.17. The summed E-state index contributed by atoms with van der Waals surface area (Å²) >= 11 is 0. The summed E-state index contributed by atoms with van der Waals surface area (Å²) in [5, 5.41) is 20.1. The molecular weight excluding hydrogens is 294 g/mol. The van der Waals surface area contributed by atoms with Crippen LogP contribution in [0.1, 0.15) is 16.2 Å². The number of fused-ring (bicyclic) bond motifs is 1. The second kappa shape index (κ2) is 5.66. The molecule has 23 heavy (non-hydrogen) atoms. The molecule has 112 valence electrons. The van der Waals surface area contributed by atoms with E-state index in [2.05, 4.69) is 4.98 Å². The minimum absolute atomic E-state index is 0.0119. The minimum atomic E-state index is -0.907. The highest BCUT2D eigenvalue weighted by Gasteiger charge is 2.17. The fourth-order valence-electron chi connectivity index (χ4n) is 2.22. The number of rotatable bonds is 3. The summed E-state index contributed by atoms with van der Waals surface area (Å²) in [5.41, 5.74) is 4.86. The standard InChI is InChI=1S/C17H11N3O3/c18-9-14-12-7-6-11(23-10-4-2-1-3-5-10)8-13(12)16(21)15(20-14)17(19)22/h1-8,21H,(H2,19,22). The van der Waals surface area contributed by atoms with Crippen molar-refractivity contribution in [2.24, 2.45) is 5.73 Å². The monoisotopic (exact) mass is 305 g/mol. The van der Waals surface area contributed by atoms with Gasteiger partial charge in [-0.05, 0) is 30.3 Å². The number of ether oxygens (including phenoxy) is 1. The van der Waals surface area contributed by atoms with Crippen molar-refractivity contribution in [3.63, 3.8) is 0 Å². The van der Waals surface area contributed by atoms with Crippen LogP contribution in [0.2, 0.25) is 0 Å². The maximum absolute atomic E-state index is 11.4. The van der Waals surface area contributed by atoms with Gasteiger partial charge in [-0.15, -0.1) is 0 Å². The minimum Gasteiger partial charge on any atom is -0.505 e. The summed E-state index contributed by atoms with van der Waals surface area (Å²) in [4.78, 5) is 15.2. The second-order valence-electron chi connectivity index (χ2n) is 4.76. The number of pyridine rings is 1. The first-order valence-corrected chi connectivity index (χ1v) is 6.69. The van der Waals surface area contributed by atoms with Crippen molar-refractivity contribution < 1.29 is 14.6 Å². The number of para-hydroxylation sites is 1. The maximum atomic E-state index is 11.4. The molecule has 0 spiro atoms. The third-order valence-electron chi connectivity index (χ3n) is 3.27. The van der Waals surface area contributed by atoms with Gasteiger partial charge in [-0.1, -0.05) is 18.2 Å². The first kappa shape index (κ1) is 14.4. The number of primary amides is 1. The summed E-state index contributed by atoms with van der Waals surface area (Å²) < 4.78 is 5.68. The van der Waals surface area contributed by atoms with Gasteiger partial charge in [0.25, 0.3) is 5.91 Å². The van der Waals surface area contributed by atoms with Crippen molar-refractivity contribution in [3.05, 3.63) is 59.9 Å². The fraction of sp³-hybridized carbons (Fsp3) is 0. The predicted molar refractivity (Wildman–Crippen MR) is 83.2 cm³/mol. The predicted octanol–water partition coefficient (Wildman–Crippen LogP) is 2.70. The van der Waals surface area contributed by atoms with Gasteiger partial charge in [0.15, 0.2) is 11.4 Å². The van der Waals surface area contributed by atoms with Gasteiger partial charge in [0.1, 0.15) is 23.3 Å². The van der Waals surface area contributed by atoms with Crippen LogP contribution < -0.4 is 10.5 Å². The van der Waals surface area contributed by atoms with E-state index in [0.29, 0.717) is 16.9 Å². The number of aromatic nitrogens is 1. The summed E-state index contributed by atoms with van der Waals surface area (Å²) in [6.45, 7) is 0. The summed E-state index contributed by atoms with van der Waals surface area (Å²) in [6, 6.07) is 15.8. The first-order valence-electron chi connectivity index (χ1n) is 6.69. The van der Waals surface area contributed by atoms with E-state index >= 15 is 0 Å². The van der Waals surface area contributed by atoms with Gasteiger partial charge in [-0.3, -0.25) is 4.79 Å². The summed E-state index contributed by atoms with van der Waals surface area (Å²) in [7, 11) is 0. The van der Waals surface area contributed by atoms with Crippen LogP contribution in [-0.4, -0.2) is 16.0 Å². The molecule has 0 bridgehead atoms. The summed E-state index contributed by atoms with van der Waals surface area (Å²) in [6.07, 6.45) is 0. The molecule has 0 atom stereocenters. The SMILES string of the molecule is N#Cc1nc(C(N)=O)c(O)c2cc(Oc3ccccc3)ccc12. The van der Waals surface area contributed by atoms with Crippen LogP contribution >= 0.6 is 0 Å². The number of carbonyl (C=O) groups is 1. The Labute approximate surface area is 131 Å². The molecular formula is C17H11N3O3. The van der Waals surface area contributed by atoms with Crippen LogP contribution in [0.15, 0.2) is 48.5 Å². The van der Waals surface area contributed by atoms with Crippen LogP contribution in [0.5, 0.6) is 17.2 Å². The number of benzene rings is 2. The average molecular weight is 305 g/mol. The molecule has 0 saturated carbocycles. The Morgan fingerprint density at radius 2 is 1.87 bits per heavy atom. The third kappa shape index (κ3) is 2.63. The van der Waals surface area contributed by atoms with Crippen molar-refractivity contribution in [1.82, 2.24) is 4.98 Å². The Morgan fingerprint density at radius 1 is 1.13 bits per heavy atom. The fourth-order valence-corrected chi connectivity index (χ4v) is 2.22. The largest absolute Gasteiger partial charge is 0.505 e. The zero-order valence-corrected chi connectivity index (χ0v) is 11.9. The zero-order chi connectivity index (χ0) is 16.4. The topological polar surface area (TPSA) is 109 Å². The van der Waals surface area contributed by atoms with Gasteiger partial charge in [0, 0.05) is 10.8 Å². The molecule has 0 saturated heterocycles. The van der Waals surface area contributed by atoms with E-state index in [1.54, 1.807) is 24.3 Å². The Morgan fingerprint density at radius 3 is 2.52 bits per heavy atom. The number of nitriles is 1. The molecule has 1 heterocycles. The third-order valence-corrected chi connectivity index (χ3v) is 3.27. The van der Waals surface area contributed by atoms with Crippen LogP contribution in [-0.2, 0) is 0 Å². The van der Waals surface area contributed by atoms with Crippen LogP contribution in [0.3, 0.4) is 0 Å². The van der Waals surface area contributed by atoms with Gasteiger partial charge in [0.2, 0.25) is 0 Å². The molecule has 0 radical (unpaired) electrons. The first-order chi connectivity index (χ1) is 11.1. The van der Waals surface area contributed by atoms with Crippen LogP contribution in [0, 0.1) is 11.3 Å². The highest BCUT2D eigenvalue weighted by molar-refractivity contribution is 6.02. The van der Waals surface area contributed by atoms with Gasteiger partial charge in [-0.2, -0.15) is 5.26 Å². The lowest BCUT2D eigenvalue weighted by atomic mass is 10.1. The highest BCUT2D eigenvalue weighted by Crippen LogP contribution is 2.33. The van der Waals surface area contributed by atoms with E-state index in [4.69, 9.17) is 15.7 Å². The van der Waals surface area contributed by atoms with E-state index in [1.165, 1.54) is 6.07 Å². The molecule has 0 fully saturated rings. The summed E-state index contributed by atoms with van der Waals surface area (Å²) in [5.74, 6) is -0.208.